The topological polar surface area (TPSA) is 64.4 Å². The average Bonchev–Trinajstić information content (AvgIpc) is 2.35. The van der Waals surface area contributed by atoms with Gasteiger partial charge in [-0.15, -0.1) is 0 Å². The molecule has 5 nitrogen and oxygen atoms in total. The number of nitro benzene ring substituents is 1. The summed E-state index contributed by atoms with van der Waals surface area (Å²) < 4.78 is 42.7. The van der Waals surface area contributed by atoms with E-state index in [4.69, 9.17) is 4.74 Å². The highest BCUT2D eigenvalue weighted by Gasteiger charge is 2.33. The highest BCUT2D eigenvalue weighted by Crippen LogP contribution is 2.36. The van der Waals surface area contributed by atoms with E-state index in [9.17, 15) is 23.3 Å². The van der Waals surface area contributed by atoms with Gasteiger partial charge in [0.2, 0.25) is 0 Å². The van der Waals surface area contributed by atoms with Crippen LogP contribution in [0, 0.1) is 16.0 Å². The molecule has 0 heterocycles. The molecule has 1 unspecified atom stereocenters. The van der Waals surface area contributed by atoms with Gasteiger partial charge in [-0.3, -0.25) is 10.1 Å². The smallest absolute Gasteiger partial charge is 0.416 e. The molecule has 0 spiro atoms. The number of benzene rings is 1. The number of alkyl halides is 3. The van der Waals surface area contributed by atoms with Crippen molar-refractivity contribution in [3.63, 3.8) is 0 Å². The van der Waals surface area contributed by atoms with Gasteiger partial charge in [-0.05, 0) is 19.2 Å². The summed E-state index contributed by atoms with van der Waals surface area (Å²) in [7, 11) is 1.75. The van der Waals surface area contributed by atoms with Crippen LogP contribution in [-0.2, 0) is 6.18 Å². The molecule has 1 N–H and O–H groups in total. The zero-order valence-electron chi connectivity index (χ0n) is 11.0. The molecule has 1 atom stereocenters. The Bertz CT molecular complexity index is 478. The Balaban J connectivity index is 2.94. The molecule has 0 saturated heterocycles. The van der Waals surface area contributed by atoms with Crippen molar-refractivity contribution in [1.82, 2.24) is 5.32 Å². The molecule has 0 aliphatic carbocycles. The van der Waals surface area contributed by atoms with Crippen LogP contribution in [0.1, 0.15) is 12.5 Å². The molecule has 1 aromatic rings. The van der Waals surface area contributed by atoms with Crippen molar-refractivity contribution >= 4 is 5.69 Å². The minimum atomic E-state index is -4.62. The lowest BCUT2D eigenvalue weighted by molar-refractivity contribution is -0.386. The van der Waals surface area contributed by atoms with Crippen molar-refractivity contribution in [3.05, 3.63) is 33.9 Å². The lowest BCUT2D eigenvalue weighted by Crippen LogP contribution is -2.22. The molecule has 0 aliphatic heterocycles. The highest BCUT2D eigenvalue weighted by atomic mass is 19.4. The van der Waals surface area contributed by atoms with E-state index in [1.807, 2.05) is 6.92 Å². The number of halogens is 3. The average molecular weight is 292 g/mol. The van der Waals surface area contributed by atoms with Crippen LogP contribution in [0.15, 0.2) is 18.2 Å². The molecule has 112 valence electrons. The third kappa shape index (κ3) is 4.37. The fourth-order valence-electron chi connectivity index (χ4n) is 1.60. The molecule has 20 heavy (non-hydrogen) atoms. The molecule has 0 aromatic heterocycles. The van der Waals surface area contributed by atoms with Crippen LogP contribution in [0.2, 0.25) is 0 Å². The van der Waals surface area contributed by atoms with E-state index in [0.717, 1.165) is 12.1 Å². The molecule has 1 aromatic carbocycles. The summed E-state index contributed by atoms with van der Waals surface area (Å²) in [6.07, 6.45) is -4.62. The predicted molar refractivity (Wildman–Crippen MR) is 66.7 cm³/mol. The second-order valence-corrected chi connectivity index (χ2v) is 4.41. The SMILES string of the molecule is CNCC(C)COc1ccc(C(F)(F)F)cc1[N+](=O)[O-]. The number of hydrogen-bond donors (Lipinski definition) is 1. The maximum absolute atomic E-state index is 12.5. The van der Waals surface area contributed by atoms with Gasteiger partial charge in [0, 0.05) is 18.5 Å². The molecule has 0 aliphatic rings. The quantitative estimate of drug-likeness (QED) is 0.647. The van der Waals surface area contributed by atoms with Gasteiger partial charge in [0.05, 0.1) is 17.1 Å². The minimum Gasteiger partial charge on any atom is -0.486 e. The number of nitrogens with zero attached hydrogens (tertiary/aromatic N) is 1. The lowest BCUT2D eigenvalue weighted by atomic mass is 10.1. The summed E-state index contributed by atoms with van der Waals surface area (Å²) >= 11 is 0. The number of rotatable bonds is 6. The molecule has 1 rings (SSSR count). The van der Waals surface area contributed by atoms with Crippen LogP contribution in [-0.4, -0.2) is 25.1 Å². The molecule has 8 heteroatoms. The second-order valence-electron chi connectivity index (χ2n) is 4.41. The fourth-order valence-corrected chi connectivity index (χ4v) is 1.60. The van der Waals surface area contributed by atoms with Crippen LogP contribution in [0.4, 0.5) is 18.9 Å². The summed E-state index contributed by atoms with van der Waals surface area (Å²) in [5.74, 6) is -0.0900. The zero-order chi connectivity index (χ0) is 15.3. The van der Waals surface area contributed by atoms with Gasteiger partial charge in [0.15, 0.2) is 5.75 Å². The Hall–Kier alpha value is -1.83. The van der Waals surface area contributed by atoms with E-state index in [-0.39, 0.29) is 18.3 Å². The first-order valence-electron chi connectivity index (χ1n) is 5.88. The van der Waals surface area contributed by atoms with E-state index >= 15 is 0 Å². The molecule has 0 amide bonds. The molecular formula is C12H15F3N2O3. The lowest BCUT2D eigenvalue weighted by Gasteiger charge is -2.13. The van der Waals surface area contributed by atoms with Crippen LogP contribution in [0.3, 0.4) is 0 Å². The van der Waals surface area contributed by atoms with E-state index in [1.165, 1.54) is 0 Å². The molecule has 0 fully saturated rings. The van der Waals surface area contributed by atoms with Gasteiger partial charge in [0.25, 0.3) is 0 Å². The molecule has 0 saturated carbocycles. The molecule has 0 radical (unpaired) electrons. The van der Waals surface area contributed by atoms with Crippen LogP contribution in [0.25, 0.3) is 0 Å². The van der Waals surface area contributed by atoms with E-state index in [2.05, 4.69) is 5.32 Å². The maximum atomic E-state index is 12.5. The third-order valence-corrected chi connectivity index (χ3v) is 2.56. The van der Waals surface area contributed by atoms with E-state index < -0.39 is 22.4 Å². The summed E-state index contributed by atoms with van der Waals surface area (Å²) in [4.78, 5) is 9.94. The van der Waals surface area contributed by atoms with Crippen molar-refractivity contribution in [3.8, 4) is 5.75 Å². The van der Waals surface area contributed by atoms with Gasteiger partial charge >= 0.3 is 11.9 Å². The van der Waals surface area contributed by atoms with Crippen molar-refractivity contribution in [2.45, 2.75) is 13.1 Å². The Morgan fingerprint density at radius 3 is 2.60 bits per heavy atom. The first kappa shape index (κ1) is 16.2. The zero-order valence-corrected chi connectivity index (χ0v) is 11.0. The molecular weight excluding hydrogens is 277 g/mol. The summed E-state index contributed by atoms with van der Waals surface area (Å²) in [5.41, 5.74) is -1.75. The number of nitrogens with one attached hydrogen (secondary N) is 1. The van der Waals surface area contributed by atoms with Crippen LogP contribution >= 0.6 is 0 Å². The number of ether oxygens (including phenoxy) is 1. The number of nitro groups is 1. The minimum absolute atomic E-state index is 0.0712. The first-order valence-corrected chi connectivity index (χ1v) is 5.88. The van der Waals surface area contributed by atoms with Gasteiger partial charge in [0.1, 0.15) is 0 Å². The Morgan fingerprint density at radius 2 is 2.10 bits per heavy atom. The third-order valence-electron chi connectivity index (χ3n) is 2.56. The Morgan fingerprint density at radius 1 is 1.45 bits per heavy atom. The highest BCUT2D eigenvalue weighted by molar-refractivity contribution is 5.49. The van der Waals surface area contributed by atoms with E-state index in [1.54, 1.807) is 7.05 Å². The first-order chi connectivity index (χ1) is 9.25. The number of hydrogen-bond acceptors (Lipinski definition) is 4. The van der Waals surface area contributed by atoms with Crippen molar-refractivity contribution in [2.24, 2.45) is 5.92 Å². The summed E-state index contributed by atoms with van der Waals surface area (Å²) in [5, 5.41) is 13.7. The van der Waals surface area contributed by atoms with Crippen molar-refractivity contribution in [2.75, 3.05) is 20.2 Å². The second kappa shape index (κ2) is 6.56. The standard InChI is InChI=1S/C12H15F3N2O3/c1-8(6-16-2)7-20-11-4-3-9(12(13,14)15)5-10(11)17(18)19/h3-5,8,16H,6-7H2,1-2H3. The predicted octanol–water partition coefficient (Wildman–Crippen LogP) is 2.85. The van der Waals surface area contributed by atoms with Gasteiger partial charge in [-0.1, -0.05) is 6.92 Å². The van der Waals surface area contributed by atoms with Gasteiger partial charge in [-0.2, -0.15) is 13.2 Å². The van der Waals surface area contributed by atoms with Gasteiger partial charge < -0.3 is 10.1 Å². The van der Waals surface area contributed by atoms with Crippen molar-refractivity contribution < 1.29 is 22.8 Å². The van der Waals surface area contributed by atoms with Gasteiger partial charge in [-0.25, -0.2) is 0 Å². The molecule has 0 bridgehead atoms. The van der Waals surface area contributed by atoms with Crippen LogP contribution in [0.5, 0.6) is 5.75 Å². The normalized spacial score (nSPS) is 13.1. The van der Waals surface area contributed by atoms with Crippen molar-refractivity contribution in [1.29, 1.82) is 0 Å². The maximum Gasteiger partial charge on any atom is 0.416 e. The Kier molecular flexibility index (Phi) is 5.32. The largest absolute Gasteiger partial charge is 0.486 e. The monoisotopic (exact) mass is 292 g/mol. The fraction of sp³-hybridized carbons (Fsp3) is 0.500. The van der Waals surface area contributed by atoms with E-state index in [0.29, 0.717) is 12.6 Å². The Labute approximate surface area is 113 Å². The van der Waals surface area contributed by atoms with Crippen LogP contribution < -0.4 is 10.1 Å². The summed E-state index contributed by atoms with van der Waals surface area (Å²) in [6, 6.07) is 2.23. The summed E-state index contributed by atoms with van der Waals surface area (Å²) in [6.45, 7) is 2.66.